The number of carbonyl (C=O) groups is 2. The standard InChI is InChI=1S/C22H26N2O2/c1-3-21(19-7-5-4-6-8-19)22(26)24-15-13-23(14-16-24)20-11-9-18(10-12-20)17(2)25/h4-12,21H,3,13-16H2,1-2H3. The SMILES string of the molecule is CCC(C(=O)N1CCN(c2ccc(C(C)=O)cc2)CC1)c1ccccc1. The summed E-state index contributed by atoms with van der Waals surface area (Å²) in [6.45, 7) is 6.75. The molecule has 3 rings (SSSR count). The summed E-state index contributed by atoms with van der Waals surface area (Å²) in [4.78, 5) is 28.6. The average molecular weight is 350 g/mol. The number of carbonyl (C=O) groups excluding carboxylic acids is 2. The topological polar surface area (TPSA) is 40.6 Å². The minimum absolute atomic E-state index is 0.0578. The molecule has 26 heavy (non-hydrogen) atoms. The number of nitrogens with zero attached hydrogens (tertiary/aromatic N) is 2. The van der Waals surface area contributed by atoms with Gasteiger partial charge in [0.2, 0.25) is 5.91 Å². The van der Waals surface area contributed by atoms with E-state index in [9.17, 15) is 9.59 Å². The fourth-order valence-corrected chi connectivity index (χ4v) is 3.55. The summed E-state index contributed by atoms with van der Waals surface area (Å²) >= 11 is 0. The molecular weight excluding hydrogens is 324 g/mol. The Morgan fingerprint density at radius 1 is 0.923 bits per heavy atom. The van der Waals surface area contributed by atoms with Crippen LogP contribution in [0.1, 0.15) is 42.1 Å². The number of rotatable bonds is 5. The van der Waals surface area contributed by atoms with Crippen molar-refractivity contribution in [2.75, 3.05) is 31.1 Å². The molecule has 4 heteroatoms. The first-order valence-electron chi connectivity index (χ1n) is 9.30. The van der Waals surface area contributed by atoms with Crippen molar-refractivity contribution < 1.29 is 9.59 Å². The van der Waals surface area contributed by atoms with Crippen molar-refractivity contribution in [3.8, 4) is 0 Å². The molecule has 2 aromatic carbocycles. The van der Waals surface area contributed by atoms with Gasteiger partial charge in [-0.05, 0) is 43.2 Å². The van der Waals surface area contributed by atoms with E-state index in [4.69, 9.17) is 0 Å². The van der Waals surface area contributed by atoms with Crippen LogP contribution < -0.4 is 4.90 Å². The second-order valence-corrected chi connectivity index (χ2v) is 6.79. The van der Waals surface area contributed by atoms with Gasteiger partial charge >= 0.3 is 0 Å². The molecule has 0 N–H and O–H groups in total. The number of benzene rings is 2. The molecule has 0 aromatic heterocycles. The predicted octanol–water partition coefficient (Wildman–Crippen LogP) is 3.73. The number of anilines is 1. The Bertz CT molecular complexity index is 747. The van der Waals surface area contributed by atoms with Gasteiger partial charge in [0, 0.05) is 37.4 Å². The maximum absolute atomic E-state index is 13.0. The van der Waals surface area contributed by atoms with E-state index < -0.39 is 0 Å². The van der Waals surface area contributed by atoms with Crippen LogP contribution in [-0.2, 0) is 4.79 Å². The highest BCUT2D eigenvalue weighted by Crippen LogP contribution is 2.24. The van der Waals surface area contributed by atoms with Gasteiger partial charge in [-0.3, -0.25) is 9.59 Å². The summed E-state index contributed by atoms with van der Waals surface area (Å²) in [6, 6.07) is 17.8. The highest BCUT2D eigenvalue weighted by Gasteiger charge is 2.27. The van der Waals surface area contributed by atoms with E-state index in [-0.39, 0.29) is 17.6 Å². The van der Waals surface area contributed by atoms with Gasteiger partial charge in [0.05, 0.1) is 5.92 Å². The van der Waals surface area contributed by atoms with E-state index in [0.717, 1.165) is 49.4 Å². The molecule has 136 valence electrons. The first-order chi connectivity index (χ1) is 12.6. The molecule has 1 atom stereocenters. The third kappa shape index (κ3) is 3.96. The van der Waals surface area contributed by atoms with Crippen LogP contribution >= 0.6 is 0 Å². The fourth-order valence-electron chi connectivity index (χ4n) is 3.55. The van der Waals surface area contributed by atoms with Crippen molar-refractivity contribution in [3.05, 3.63) is 65.7 Å². The van der Waals surface area contributed by atoms with Gasteiger partial charge in [-0.25, -0.2) is 0 Å². The smallest absolute Gasteiger partial charge is 0.230 e. The van der Waals surface area contributed by atoms with Crippen molar-refractivity contribution in [3.63, 3.8) is 0 Å². The molecule has 0 bridgehead atoms. The number of hydrogen-bond donors (Lipinski definition) is 0. The quantitative estimate of drug-likeness (QED) is 0.772. The normalized spacial score (nSPS) is 15.6. The summed E-state index contributed by atoms with van der Waals surface area (Å²) in [7, 11) is 0. The van der Waals surface area contributed by atoms with Crippen molar-refractivity contribution >= 4 is 17.4 Å². The number of hydrogen-bond acceptors (Lipinski definition) is 3. The summed E-state index contributed by atoms with van der Waals surface area (Å²) in [6.07, 6.45) is 0.815. The molecular formula is C22H26N2O2. The minimum Gasteiger partial charge on any atom is -0.368 e. The Hall–Kier alpha value is -2.62. The first kappa shape index (κ1) is 18.2. The lowest BCUT2D eigenvalue weighted by Crippen LogP contribution is -2.50. The molecule has 1 unspecified atom stereocenters. The van der Waals surface area contributed by atoms with Crippen LogP contribution in [0.25, 0.3) is 0 Å². The van der Waals surface area contributed by atoms with E-state index in [2.05, 4.69) is 11.8 Å². The fraction of sp³-hybridized carbons (Fsp3) is 0.364. The van der Waals surface area contributed by atoms with Crippen LogP contribution in [0, 0.1) is 0 Å². The van der Waals surface area contributed by atoms with Gasteiger partial charge in [-0.2, -0.15) is 0 Å². The number of ketones is 1. The summed E-state index contributed by atoms with van der Waals surface area (Å²) in [5, 5.41) is 0. The summed E-state index contributed by atoms with van der Waals surface area (Å²) in [5.41, 5.74) is 2.94. The molecule has 1 aliphatic heterocycles. The van der Waals surface area contributed by atoms with Crippen LogP contribution in [0.5, 0.6) is 0 Å². The maximum atomic E-state index is 13.0. The maximum Gasteiger partial charge on any atom is 0.230 e. The Morgan fingerprint density at radius 3 is 2.08 bits per heavy atom. The van der Waals surface area contributed by atoms with E-state index in [1.807, 2.05) is 59.5 Å². The van der Waals surface area contributed by atoms with Gasteiger partial charge in [0.1, 0.15) is 0 Å². The highest BCUT2D eigenvalue weighted by atomic mass is 16.2. The van der Waals surface area contributed by atoms with Crippen molar-refractivity contribution in [2.45, 2.75) is 26.2 Å². The summed E-state index contributed by atoms with van der Waals surface area (Å²) < 4.78 is 0. The molecule has 1 fully saturated rings. The molecule has 4 nitrogen and oxygen atoms in total. The predicted molar refractivity (Wildman–Crippen MR) is 105 cm³/mol. The van der Waals surface area contributed by atoms with Gasteiger partial charge < -0.3 is 9.80 Å². The molecule has 1 saturated heterocycles. The van der Waals surface area contributed by atoms with Crippen LogP contribution in [0.2, 0.25) is 0 Å². The van der Waals surface area contributed by atoms with E-state index in [0.29, 0.717) is 0 Å². The lowest BCUT2D eigenvalue weighted by Gasteiger charge is -2.37. The number of amides is 1. The monoisotopic (exact) mass is 350 g/mol. The first-order valence-corrected chi connectivity index (χ1v) is 9.30. The zero-order chi connectivity index (χ0) is 18.5. The second-order valence-electron chi connectivity index (χ2n) is 6.79. The zero-order valence-electron chi connectivity index (χ0n) is 15.5. The number of piperazine rings is 1. The third-order valence-corrected chi connectivity index (χ3v) is 5.14. The molecule has 0 spiro atoms. The van der Waals surface area contributed by atoms with Crippen molar-refractivity contribution in [1.82, 2.24) is 4.90 Å². The lowest BCUT2D eigenvalue weighted by atomic mass is 9.95. The molecule has 0 radical (unpaired) electrons. The van der Waals surface area contributed by atoms with Gasteiger partial charge in [0.25, 0.3) is 0 Å². The van der Waals surface area contributed by atoms with Gasteiger partial charge in [-0.1, -0.05) is 37.3 Å². The Labute approximate surface area is 155 Å². The van der Waals surface area contributed by atoms with Crippen LogP contribution in [-0.4, -0.2) is 42.8 Å². The molecule has 1 heterocycles. The molecule has 0 aliphatic carbocycles. The van der Waals surface area contributed by atoms with Crippen molar-refractivity contribution in [2.24, 2.45) is 0 Å². The van der Waals surface area contributed by atoms with Crippen molar-refractivity contribution in [1.29, 1.82) is 0 Å². The lowest BCUT2D eigenvalue weighted by molar-refractivity contribution is -0.133. The summed E-state index contributed by atoms with van der Waals surface area (Å²) in [5.74, 6) is 0.251. The molecule has 1 aliphatic rings. The second kappa shape index (κ2) is 8.17. The van der Waals surface area contributed by atoms with E-state index in [1.165, 1.54) is 0 Å². The zero-order valence-corrected chi connectivity index (χ0v) is 15.5. The number of Topliss-reactive ketones (excluding diaryl/α,β-unsaturated/α-hetero) is 1. The van der Waals surface area contributed by atoms with Crippen LogP contribution in [0.3, 0.4) is 0 Å². The van der Waals surface area contributed by atoms with Gasteiger partial charge in [0.15, 0.2) is 5.78 Å². The Kier molecular flexibility index (Phi) is 5.71. The third-order valence-electron chi connectivity index (χ3n) is 5.14. The van der Waals surface area contributed by atoms with Gasteiger partial charge in [-0.15, -0.1) is 0 Å². The molecule has 0 saturated carbocycles. The van der Waals surface area contributed by atoms with Crippen LogP contribution in [0.15, 0.2) is 54.6 Å². The average Bonchev–Trinajstić information content (AvgIpc) is 2.69. The highest BCUT2D eigenvalue weighted by molar-refractivity contribution is 5.94. The van der Waals surface area contributed by atoms with E-state index >= 15 is 0 Å². The van der Waals surface area contributed by atoms with Crippen LogP contribution in [0.4, 0.5) is 5.69 Å². The Balaban J connectivity index is 1.62. The largest absolute Gasteiger partial charge is 0.368 e. The van der Waals surface area contributed by atoms with E-state index in [1.54, 1.807) is 6.92 Å². The minimum atomic E-state index is -0.0578. The molecule has 2 aromatic rings. The Morgan fingerprint density at radius 2 is 1.54 bits per heavy atom. The molecule has 1 amide bonds.